The Morgan fingerprint density at radius 1 is 1.06 bits per heavy atom. The molecular weight excluding hydrogens is 438 g/mol. The van der Waals surface area contributed by atoms with Gasteiger partial charge in [0.25, 0.3) is 5.91 Å². The summed E-state index contributed by atoms with van der Waals surface area (Å²) >= 11 is 0. The zero-order chi connectivity index (χ0) is 24.2. The standard InChI is InChI=1S/C29H43N3O3/c1-3-35-28(34)22-9-10-25-24(14-22)26(31-32(25)23-7-5-4-6-8-23)27(33)30-18(2)29-15-19-11-20(16-29)13-21(12-19)17-29/h18-23H,3-17H2,1-2H3,(H,30,33). The van der Waals surface area contributed by atoms with Crippen LogP contribution in [0.5, 0.6) is 0 Å². The van der Waals surface area contributed by atoms with Crippen LogP contribution in [0.2, 0.25) is 0 Å². The Balaban J connectivity index is 1.26. The topological polar surface area (TPSA) is 73.2 Å². The van der Waals surface area contributed by atoms with Gasteiger partial charge in [-0.25, -0.2) is 0 Å². The van der Waals surface area contributed by atoms with Crippen molar-refractivity contribution >= 4 is 11.9 Å². The average Bonchev–Trinajstić information content (AvgIpc) is 3.23. The second-order valence-electron chi connectivity index (χ2n) is 12.7. The molecule has 1 aromatic heterocycles. The summed E-state index contributed by atoms with van der Waals surface area (Å²) in [6.07, 6.45) is 16.3. The molecule has 1 heterocycles. The number of carbonyl (C=O) groups is 2. The molecular formula is C29H43N3O3. The number of rotatable bonds is 6. The van der Waals surface area contributed by atoms with Crippen molar-refractivity contribution in [1.82, 2.24) is 15.1 Å². The zero-order valence-corrected chi connectivity index (χ0v) is 21.7. The maximum atomic E-state index is 13.8. The molecule has 0 radical (unpaired) electrons. The zero-order valence-electron chi connectivity index (χ0n) is 21.7. The van der Waals surface area contributed by atoms with E-state index in [1.165, 1.54) is 63.5 Å². The molecule has 2 unspecified atom stereocenters. The second-order valence-corrected chi connectivity index (χ2v) is 12.7. The largest absolute Gasteiger partial charge is 0.466 e. The highest BCUT2D eigenvalue weighted by Crippen LogP contribution is 2.61. The molecule has 6 aliphatic rings. The maximum Gasteiger partial charge on any atom is 0.309 e. The third-order valence-electron chi connectivity index (χ3n) is 10.4. The van der Waals surface area contributed by atoms with Crippen molar-refractivity contribution in [2.75, 3.05) is 6.61 Å². The maximum absolute atomic E-state index is 13.8. The van der Waals surface area contributed by atoms with E-state index in [9.17, 15) is 9.59 Å². The van der Waals surface area contributed by atoms with Crippen LogP contribution in [0.4, 0.5) is 0 Å². The van der Waals surface area contributed by atoms with Gasteiger partial charge in [0.2, 0.25) is 0 Å². The lowest BCUT2D eigenvalue weighted by molar-refractivity contribution is -0.148. The van der Waals surface area contributed by atoms with Gasteiger partial charge in [-0.05, 0) is 108 Å². The highest BCUT2D eigenvalue weighted by molar-refractivity contribution is 5.94. The first-order valence-electron chi connectivity index (χ1n) is 14.5. The molecule has 0 aromatic carbocycles. The summed E-state index contributed by atoms with van der Waals surface area (Å²) in [6, 6.07) is 0.557. The van der Waals surface area contributed by atoms with E-state index in [-0.39, 0.29) is 29.3 Å². The van der Waals surface area contributed by atoms with Crippen LogP contribution < -0.4 is 5.32 Å². The first-order chi connectivity index (χ1) is 17.0. The first kappa shape index (κ1) is 23.5. The van der Waals surface area contributed by atoms with Crippen LogP contribution in [0.15, 0.2) is 0 Å². The number of amides is 1. The van der Waals surface area contributed by atoms with Gasteiger partial charge in [0.05, 0.1) is 18.6 Å². The van der Waals surface area contributed by atoms with Gasteiger partial charge >= 0.3 is 5.97 Å². The highest BCUT2D eigenvalue weighted by Gasteiger charge is 2.53. The Hall–Kier alpha value is -1.85. The second kappa shape index (κ2) is 9.23. The van der Waals surface area contributed by atoms with Crippen LogP contribution >= 0.6 is 0 Å². The number of fused-ring (bicyclic) bond motifs is 1. The number of hydrogen-bond acceptors (Lipinski definition) is 4. The summed E-state index contributed by atoms with van der Waals surface area (Å²) in [6.45, 7) is 4.51. The van der Waals surface area contributed by atoms with Gasteiger partial charge in [0.15, 0.2) is 5.69 Å². The fourth-order valence-corrected chi connectivity index (χ4v) is 9.04. The van der Waals surface area contributed by atoms with Crippen LogP contribution in [0.3, 0.4) is 0 Å². The van der Waals surface area contributed by atoms with E-state index >= 15 is 0 Å². The molecule has 1 N–H and O–H groups in total. The number of nitrogens with zero attached hydrogens (tertiary/aromatic N) is 2. The predicted molar refractivity (Wildman–Crippen MR) is 134 cm³/mol. The normalized spacial score (nSPS) is 34.9. The molecule has 4 bridgehead atoms. The van der Waals surface area contributed by atoms with Crippen molar-refractivity contribution in [3.8, 4) is 0 Å². The van der Waals surface area contributed by atoms with E-state index in [1.54, 1.807) is 0 Å². The third kappa shape index (κ3) is 4.23. The monoisotopic (exact) mass is 481 g/mol. The number of nitrogens with one attached hydrogen (secondary N) is 1. The lowest BCUT2D eigenvalue weighted by Crippen LogP contribution is -2.55. The van der Waals surface area contributed by atoms with Gasteiger partial charge in [-0.15, -0.1) is 0 Å². The molecule has 7 rings (SSSR count). The lowest BCUT2D eigenvalue weighted by atomic mass is 9.48. The van der Waals surface area contributed by atoms with E-state index in [1.807, 2.05) is 6.92 Å². The molecule has 6 nitrogen and oxygen atoms in total. The summed E-state index contributed by atoms with van der Waals surface area (Å²) in [7, 11) is 0. The minimum Gasteiger partial charge on any atom is -0.466 e. The third-order valence-corrected chi connectivity index (χ3v) is 10.4. The predicted octanol–water partition coefficient (Wildman–Crippen LogP) is 5.39. The Labute approximate surface area is 209 Å². The van der Waals surface area contributed by atoms with Gasteiger partial charge in [0, 0.05) is 17.3 Å². The highest BCUT2D eigenvalue weighted by atomic mass is 16.5. The molecule has 1 aromatic rings. The van der Waals surface area contributed by atoms with Crippen LogP contribution in [0.25, 0.3) is 0 Å². The minimum atomic E-state index is -0.168. The van der Waals surface area contributed by atoms with Gasteiger partial charge in [-0.2, -0.15) is 5.10 Å². The van der Waals surface area contributed by atoms with E-state index in [2.05, 4.69) is 16.9 Å². The fraction of sp³-hybridized carbons (Fsp3) is 0.828. The first-order valence-corrected chi connectivity index (χ1v) is 14.5. The van der Waals surface area contributed by atoms with E-state index < -0.39 is 0 Å². The van der Waals surface area contributed by atoms with Crippen molar-refractivity contribution in [3.63, 3.8) is 0 Å². The van der Waals surface area contributed by atoms with Gasteiger partial charge in [0.1, 0.15) is 0 Å². The Morgan fingerprint density at radius 3 is 2.34 bits per heavy atom. The number of hydrogen-bond donors (Lipinski definition) is 1. The Morgan fingerprint density at radius 2 is 1.71 bits per heavy atom. The number of ether oxygens (including phenoxy) is 1. The summed E-state index contributed by atoms with van der Waals surface area (Å²) in [5.74, 6) is 2.27. The molecule has 192 valence electrons. The summed E-state index contributed by atoms with van der Waals surface area (Å²) in [5.41, 5.74) is 3.06. The quantitative estimate of drug-likeness (QED) is 0.553. The van der Waals surface area contributed by atoms with Crippen LogP contribution in [-0.4, -0.2) is 34.3 Å². The van der Waals surface area contributed by atoms with Crippen LogP contribution in [0, 0.1) is 29.1 Å². The molecule has 0 saturated heterocycles. The van der Waals surface area contributed by atoms with Crippen molar-refractivity contribution in [2.24, 2.45) is 29.1 Å². The smallest absolute Gasteiger partial charge is 0.309 e. The number of carbonyl (C=O) groups excluding carboxylic acids is 2. The average molecular weight is 482 g/mol. The summed E-state index contributed by atoms with van der Waals surface area (Å²) in [5, 5.41) is 8.46. The molecule has 0 aliphatic heterocycles. The summed E-state index contributed by atoms with van der Waals surface area (Å²) < 4.78 is 7.55. The van der Waals surface area contributed by atoms with Crippen molar-refractivity contribution in [2.45, 2.75) is 116 Å². The molecule has 1 amide bonds. The Kier molecular flexibility index (Phi) is 6.21. The van der Waals surface area contributed by atoms with E-state index in [4.69, 9.17) is 9.84 Å². The van der Waals surface area contributed by atoms with Gasteiger partial charge in [-0.3, -0.25) is 14.3 Å². The number of aromatic nitrogens is 2. The van der Waals surface area contributed by atoms with E-state index in [0.29, 0.717) is 24.8 Å². The minimum absolute atomic E-state index is 0.0245. The Bertz CT molecular complexity index is 941. The van der Waals surface area contributed by atoms with Gasteiger partial charge < -0.3 is 10.1 Å². The molecule has 6 heteroatoms. The molecule has 35 heavy (non-hydrogen) atoms. The van der Waals surface area contributed by atoms with E-state index in [0.717, 1.165) is 49.0 Å². The molecule has 5 fully saturated rings. The van der Waals surface area contributed by atoms with Crippen molar-refractivity contribution in [1.29, 1.82) is 0 Å². The molecule has 6 aliphatic carbocycles. The lowest BCUT2D eigenvalue weighted by Gasteiger charge is -2.59. The molecule has 0 spiro atoms. The van der Waals surface area contributed by atoms with Gasteiger partial charge in [-0.1, -0.05) is 19.3 Å². The van der Waals surface area contributed by atoms with Crippen molar-refractivity contribution < 1.29 is 14.3 Å². The van der Waals surface area contributed by atoms with Crippen molar-refractivity contribution in [3.05, 3.63) is 17.0 Å². The number of esters is 1. The molecule has 2 atom stereocenters. The summed E-state index contributed by atoms with van der Waals surface area (Å²) in [4.78, 5) is 26.4. The fourth-order valence-electron chi connectivity index (χ4n) is 9.04. The van der Waals surface area contributed by atoms with Crippen LogP contribution in [0.1, 0.15) is 119 Å². The van der Waals surface area contributed by atoms with Crippen LogP contribution in [-0.2, 0) is 22.4 Å². The SMILES string of the molecule is CCOC(=O)C1CCc2c(c(C(=O)NC(C)C34CC5CC(CC(C5)C3)C4)nn2C2CCCCC2)C1. The molecule has 5 saturated carbocycles.